The van der Waals surface area contributed by atoms with Crippen LogP contribution in [-0.4, -0.2) is 30.1 Å². The highest BCUT2D eigenvalue weighted by Crippen LogP contribution is 2.32. The standard InChI is InChI=1S/C19H16F2N4O2S/c20-16-6-4-11(2-1-7-24-28(26)27)18(21)17(16)12-3-5-14-13(8-12)9-22-19-15(14)10-23-25-19/h3-6,8-10,28H,1-2,7H2,(H,22,23,25)(H,24,26,27). The lowest BCUT2D eigenvalue weighted by Gasteiger charge is -2.11. The predicted octanol–water partition coefficient (Wildman–Crippen LogP) is 3.10. The van der Waals surface area contributed by atoms with Crippen molar-refractivity contribution in [2.75, 3.05) is 6.54 Å². The van der Waals surface area contributed by atoms with Crippen LogP contribution in [0.3, 0.4) is 0 Å². The molecule has 2 aromatic heterocycles. The molecular weight excluding hydrogens is 386 g/mol. The third-order valence-electron chi connectivity index (χ3n) is 4.62. The van der Waals surface area contributed by atoms with Gasteiger partial charge in [0.05, 0.1) is 11.8 Å². The summed E-state index contributed by atoms with van der Waals surface area (Å²) in [5.74, 6) is -1.29. The number of hydrogen-bond donors (Lipinski definition) is 3. The van der Waals surface area contributed by atoms with Crippen molar-refractivity contribution < 1.29 is 17.2 Å². The van der Waals surface area contributed by atoms with Gasteiger partial charge in [-0.3, -0.25) is 5.10 Å². The van der Waals surface area contributed by atoms with E-state index in [2.05, 4.69) is 19.9 Å². The van der Waals surface area contributed by atoms with Gasteiger partial charge in [0.15, 0.2) is 5.65 Å². The largest absolute Gasteiger partial charge is 0.261 e. The van der Waals surface area contributed by atoms with E-state index in [1.165, 1.54) is 12.1 Å². The Balaban J connectivity index is 1.71. The number of nitrogens with zero attached hydrogens (tertiary/aromatic N) is 2. The molecular formula is C19H16F2N4O2S. The Labute approximate surface area is 160 Å². The topological polar surface area (TPSA) is 87.7 Å². The fraction of sp³-hybridized carbons (Fsp3) is 0.158. The number of H-pyrrole nitrogens is 1. The fourth-order valence-corrected chi connectivity index (χ4v) is 3.62. The maximum Gasteiger partial charge on any atom is 0.201 e. The van der Waals surface area contributed by atoms with E-state index in [0.29, 0.717) is 29.6 Å². The van der Waals surface area contributed by atoms with Crippen LogP contribution in [-0.2, 0) is 17.3 Å². The summed E-state index contributed by atoms with van der Waals surface area (Å²) in [6.07, 6.45) is 4.00. The lowest BCUT2D eigenvalue weighted by Crippen LogP contribution is -2.13. The summed E-state index contributed by atoms with van der Waals surface area (Å²) >= 11 is 0. The van der Waals surface area contributed by atoms with Crippen LogP contribution in [0, 0.1) is 11.6 Å². The highest BCUT2D eigenvalue weighted by Gasteiger charge is 2.16. The van der Waals surface area contributed by atoms with Crippen molar-refractivity contribution in [1.29, 1.82) is 0 Å². The number of thiol groups is 1. The van der Waals surface area contributed by atoms with E-state index in [1.807, 2.05) is 0 Å². The first-order chi connectivity index (χ1) is 13.5. The zero-order valence-corrected chi connectivity index (χ0v) is 15.5. The molecule has 6 nitrogen and oxygen atoms in total. The molecule has 144 valence electrons. The summed E-state index contributed by atoms with van der Waals surface area (Å²) in [6, 6.07) is 7.79. The van der Waals surface area contributed by atoms with Gasteiger partial charge in [-0.05, 0) is 41.5 Å². The molecule has 9 heteroatoms. The van der Waals surface area contributed by atoms with Crippen LogP contribution >= 0.6 is 0 Å². The second-order valence-electron chi connectivity index (χ2n) is 6.36. The summed E-state index contributed by atoms with van der Waals surface area (Å²) in [7, 11) is -2.68. The van der Waals surface area contributed by atoms with Gasteiger partial charge in [0.1, 0.15) is 11.6 Å². The van der Waals surface area contributed by atoms with Gasteiger partial charge in [0.2, 0.25) is 10.9 Å². The van der Waals surface area contributed by atoms with Gasteiger partial charge >= 0.3 is 0 Å². The first kappa shape index (κ1) is 18.5. The van der Waals surface area contributed by atoms with Crippen LogP contribution in [0.5, 0.6) is 0 Å². The minimum absolute atomic E-state index is 0.102. The molecule has 0 saturated heterocycles. The lowest BCUT2D eigenvalue weighted by molar-refractivity contribution is 0.573. The number of fused-ring (bicyclic) bond motifs is 3. The molecule has 2 heterocycles. The van der Waals surface area contributed by atoms with Gasteiger partial charge in [0.25, 0.3) is 0 Å². The summed E-state index contributed by atoms with van der Waals surface area (Å²) in [5.41, 5.74) is 1.29. The van der Waals surface area contributed by atoms with Gasteiger partial charge in [-0.15, -0.1) is 0 Å². The zero-order chi connectivity index (χ0) is 19.7. The Morgan fingerprint density at radius 2 is 1.93 bits per heavy atom. The van der Waals surface area contributed by atoms with Crippen LogP contribution in [0.25, 0.3) is 32.9 Å². The van der Waals surface area contributed by atoms with E-state index >= 15 is 0 Å². The quantitative estimate of drug-likeness (QED) is 0.342. The third kappa shape index (κ3) is 3.46. The van der Waals surface area contributed by atoms with Gasteiger partial charge in [-0.25, -0.2) is 26.9 Å². The number of aromatic nitrogens is 3. The molecule has 0 saturated carbocycles. The molecule has 0 aliphatic rings. The summed E-state index contributed by atoms with van der Waals surface area (Å²) in [4.78, 5) is 4.27. The number of aromatic amines is 1. The summed E-state index contributed by atoms with van der Waals surface area (Å²) in [6.45, 7) is 0.202. The van der Waals surface area contributed by atoms with Crippen LogP contribution in [0.1, 0.15) is 12.0 Å². The lowest BCUT2D eigenvalue weighted by atomic mass is 9.97. The third-order valence-corrected chi connectivity index (χ3v) is 5.10. The van der Waals surface area contributed by atoms with Crippen molar-refractivity contribution in [2.24, 2.45) is 0 Å². The highest BCUT2D eigenvalue weighted by atomic mass is 32.2. The smallest absolute Gasteiger partial charge is 0.201 e. The second kappa shape index (κ2) is 7.61. The van der Waals surface area contributed by atoms with Crippen molar-refractivity contribution in [2.45, 2.75) is 12.8 Å². The number of aryl methyl sites for hydroxylation is 1. The Bertz CT molecular complexity index is 1250. The van der Waals surface area contributed by atoms with Crippen molar-refractivity contribution in [3.8, 4) is 11.1 Å². The van der Waals surface area contributed by atoms with Crippen molar-refractivity contribution in [1.82, 2.24) is 19.9 Å². The van der Waals surface area contributed by atoms with Crippen molar-refractivity contribution in [3.05, 3.63) is 59.9 Å². The highest BCUT2D eigenvalue weighted by molar-refractivity contribution is 7.70. The maximum absolute atomic E-state index is 15.0. The number of nitrogens with one attached hydrogen (secondary N) is 2. The molecule has 0 amide bonds. The van der Waals surface area contributed by atoms with E-state index in [9.17, 15) is 17.2 Å². The molecule has 4 rings (SSSR count). The van der Waals surface area contributed by atoms with Gasteiger partial charge in [0, 0.05) is 23.5 Å². The molecule has 0 aliphatic carbocycles. The number of pyridine rings is 1. The van der Waals surface area contributed by atoms with Gasteiger partial charge in [-0.2, -0.15) is 5.10 Å². The molecule has 28 heavy (non-hydrogen) atoms. The molecule has 4 aromatic rings. The van der Waals surface area contributed by atoms with E-state index in [1.54, 1.807) is 30.6 Å². The predicted molar refractivity (Wildman–Crippen MR) is 103 cm³/mol. The molecule has 2 N–H and O–H groups in total. The molecule has 0 atom stereocenters. The SMILES string of the molecule is O=[SH](=O)NCCCc1ccc(F)c(-c2ccc3c(cnc4[nH]ncc43)c2)c1F. The van der Waals surface area contributed by atoms with Gasteiger partial charge in [-0.1, -0.05) is 18.2 Å². The van der Waals surface area contributed by atoms with Crippen molar-refractivity contribution in [3.63, 3.8) is 0 Å². The van der Waals surface area contributed by atoms with Crippen molar-refractivity contribution >= 4 is 32.7 Å². The van der Waals surface area contributed by atoms with Crippen LogP contribution in [0.4, 0.5) is 8.78 Å². The molecule has 0 unspecified atom stereocenters. The maximum atomic E-state index is 15.0. The number of benzene rings is 2. The Kier molecular flexibility index (Phi) is 5.01. The van der Waals surface area contributed by atoms with E-state index in [4.69, 9.17) is 0 Å². The van der Waals surface area contributed by atoms with Crippen LogP contribution in [0.15, 0.2) is 42.7 Å². The number of hydrogen-bond acceptors (Lipinski definition) is 4. The van der Waals surface area contributed by atoms with E-state index < -0.39 is 22.5 Å². The summed E-state index contributed by atoms with van der Waals surface area (Å²) < 4.78 is 52.8. The minimum atomic E-state index is -2.68. The Morgan fingerprint density at radius 1 is 1.07 bits per heavy atom. The average Bonchev–Trinajstić information content (AvgIpc) is 3.15. The molecule has 0 spiro atoms. The second-order valence-corrected chi connectivity index (χ2v) is 7.19. The number of halogens is 2. The van der Waals surface area contributed by atoms with Crippen LogP contribution < -0.4 is 4.72 Å². The Hall–Kier alpha value is -2.91. The summed E-state index contributed by atoms with van der Waals surface area (Å²) in [5, 5.41) is 9.23. The normalized spacial score (nSPS) is 11.7. The average molecular weight is 402 g/mol. The van der Waals surface area contributed by atoms with E-state index in [-0.39, 0.29) is 12.1 Å². The monoisotopic (exact) mass is 402 g/mol. The zero-order valence-electron chi connectivity index (χ0n) is 14.6. The Morgan fingerprint density at radius 3 is 2.75 bits per heavy atom. The molecule has 0 fully saturated rings. The first-order valence-corrected chi connectivity index (χ1v) is 9.79. The number of rotatable bonds is 6. The first-order valence-electron chi connectivity index (χ1n) is 8.61. The molecule has 0 bridgehead atoms. The molecule has 0 radical (unpaired) electrons. The minimum Gasteiger partial charge on any atom is -0.261 e. The van der Waals surface area contributed by atoms with E-state index in [0.717, 1.165) is 16.2 Å². The fourth-order valence-electron chi connectivity index (χ4n) is 3.28. The van der Waals surface area contributed by atoms with Crippen LogP contribution in [0.2, 0.25) is 0 Å². The molecule has 0 aliphatic heterocycles. The molecule has 2 aromatic carbocycles. The van der Waals surface area contributed by atoms with Gasteiger partial charge < -0.3 is 0 Å².